The molecular weight excluding hydrogens is 158 g/mol. The van der Waals surface area contributed by atoms with Gasteiger partial charge in [-0.25, -0.2) is 4.79 Å². The van der Waals surface area contributed by atoms with Crippen molar-refractivity contribution in [1.82, 2.24) is 5.32 Å². The Hall–Kier alpha value is -0.870. The zero-order valence-electron chi connectivity index (χ0n) is 7.41. The molecule has 2 atom stereocenters. The molecule has 2 N–H and O–H groups in total. The van der Waals surface area contributed by atoms with E-state index >= 15 is 0 Å². The van der Waals surface area contributed by atoms with Gasteiger partial charge in [-0.15, -0.1) is 0 Å². The summed E-state index contributed by atoms with van der Waals surface area (Å²) in [5, 5.41) is 11.6. The standard InChI is InChI=1S/C8H15NO3/c1-4-8(11)12-5-6(2)9-7(3)10/h4,6-7,9-10H,1,5H2,2-3H3. The number of hydrogen-bond donors (Lipinski definition) is 2. The van der Waals surface area contributed by atoms with Crippen LogP contribution in [0.3, 0.4) is 0 Å². The highest BCUT2D eigenvalue weighted by molar-refractivity contribution is 5.81. The van der Waals surface area contributed by atoms with Crippen LogP contribution >= 0.6 is 0 Å². The fourth-order valence-corrected chi connectivity index (χ4v) is 0.726. The van der Waals surface area contributed by atoms with Crippen molar-refractivity contribution in [2.45, 2.75) is 26.1 Å². The summed E-state index contributed by atoms with van der Waals surface area (Å²) in [7, 11) is 0. The van der Waals surface area contributed by atoms with E-state index in [-0.39, 0.29) is 12.6 Å². The topological polar surface area (TPSA) is 58.6 Å². The molecule has 0 aromatic rings. The Morgan fingerprint density at radius 2 is 2.33 bits per heavy atom. The van der Waals surface area contributed by atoms with E-state index in [1.54, 1.807) is 6.92 Å². The summed E-state index contributed by atoms with van der Waals surface area (Å²) < 4.78 is 4.72. The summed E-state index contributed by atoms with van der Waals surface area (Å²) in [4.78, 5) is 10.6. The van der Waals surface area contributed by atoms with Crippen molar-refractivity contribution in [2.75, 3.05) is 6.61 Å². The maximum Gasteiger partial charge on any atom is 0.330 e. The van der Waals surface area contributed by atoms with Gasteiger partial charge in [0.2, 0.25) is 0 Å². The van der Waals surface area contributed by atoms with Gasteiger partial charge in [0.1, 0.15) is 12.8 Å². The number of aliphatic hydroxyl groups excluding tert-OH is 1. The molecule has 0 bridgehead atoms. The molecule has 0 saturated carbocycles. The van der Waals surface area contributed by atoms with Crippen molar-refractivity contribution in [2.24, 2.45) is 0 Å². The molecule has 2 unspecified atom stereocenters. The molecule has 0 fully saturated rings. The Morgan fingerprint density at radius 3 is 2.75 bits per heavy atom. The molecule has 0 spiro atoms. The first-order chi connectivity index (χ1) is 5.56. The van der Waals surface area contributed by atoms with E-state index in [1.165, 1.54) is 0 Å². The van der Waals surface area contributed by atoms with Gasteiger partial charge >= 0.3 is 5.97 Å². The van der Waals surface area contributed by atoms with Crippen molar-refractivity contribution in [3.63, 3.8) is 0 Å². The molecule has 0 saturated heterocycles. The van der Waals surface area contributed by atoms with Gasteiger partial charge in [0.25, 0.3) is 0 Å². The van der Waals surface area contributed by atoms with Crippen LogP contribution in [0, 0.1) is 0 Å². The van der Waals surface area contributed by atoms with Gasteiger partial charge in [-0.3, -0.25) is 5.32 Å². The summed E-state index contributed by atoms with van der Waals surface area (Å²) in [5.74, 6) is -0.450. The Labute approximate surface area is 72.2 Å². The van der Waals surface area contributed by atoms with E-state index in [0.29, 0.717) is 0 Å². The van der Waals surface area contributed by atoms with Crippen LogP contribution in [0.2, 0.25) is 0 Å². The SMILES string of the molecule is C=CC(=O)OCC(C)NC(C)O. The van der Waals surface area contributed by atoms with Crippen molar-refractivity contribution in [1.29, 1.82) is 0 Å². The highest BCUT2D eigenvalue weighted by Gasteiger charge is 2.05. The zero-order chi connectivity index (χ0) is 9.56. The lowest BCUT2D eigenvalue weighted by atomic mass is 10.3. The largest absolute Gasteiger partial charge is 0.461 e. The summed E-state index contributed by atoms with van der Waals surface area (Å²) in [6.45, 7) is 6.90. The van der Waals surface area contributed by atoms with Crippen LogP contribution in [-0.2, 0) is 9.53 Å². The quantitative estimate of drug-likeness (QED) is 0.350. The monoisotopic (exact) mass is 173 g/mol. The van der Waals surface area contributed by atoms with Crippen LogP contribution < -0.4 is 5.32 Å². The minimum Gasteiger partial charge on any atom is -0.461 e. The van der Waals surface area contributed by atoms with Gasteiger partial charge in [-0.2, -0.15) is 0 Å². The second-order valence-electron chi connectivity index (χ2n) is 2.58. The van der Waals surface area contributed by atoms with Crippen LogP contribution in [-0.4, -0.2) is 30.0 Å². The number of carbonyl (C=O) groups is 1. The van der Waals surface area contributed by atoms with Crippen molar-refractivity contribution in [3.05, 3.63) is 12.7 Å². The molecule has 0 aliphatic heterocycles. The van der Waals surface area contributed by atoms with Gasteiger partial charge in [-0.1, -0.05) is 6.58 Å². The van der Waals surface area contributed by atoms with Crippen molar-refractivity contribution >= 4 is 5.97 Å². The summed E-state index contributed by atoms with van der Waals surface area (Å²) in [5.41, 5.74) is 0. The number of carbonyl (C=O) groups excluding carboxylic acids is 1. The number of ether oxygens (including phenoxy) is 1. The summed E-state index contributed by atoms with van der Waals surface area (Å²) in [6.07, 6.45) is 0.511. The van der Waals surface area contributed by atoms with Crippen molar-refractivity contribution in [3.8, 4) is 0 Å². The molecule has 4 nitrogen and oxygen atoms in total. The Balaban J connectivity index is 3.49. The van der Waals surface area contributed by atoms with Crippen LogP contribution in [0.5, 0.6) is 0 Å². The number of nitrogens with one attached hydrogen (secondary N) is 1. The van der Waals surface area contributed by atoms with Gasteiger partial charge < -0.3 is 9.84 Å². The summed E-state index contributed by atoms with van der Waals surface area (Å²) >= 11 is 0. The predicted octanol–water partition coefficient (Wildman–Crippen LogP) is 0.0320. The van der Waals surface area contributed by atoms with E-state index in [0.717, 1.165) is 6.08 Å². The zero-order valence-corrected chi connectivity index (χ0v) is 7.41. The Bertz CT molecular complexity index is 156. The smallest absolute Gasteiger partial charge is 0.330 e. The number of hydrogen-bond acceptors (Lipinski definition) is 4. The fraction of sp³-hybridized carbons (Fsp3) is 0.625. The lowest BCUT2D eigenvalue weighted by Gasteiger charge is -2.15. The highest BCUT2D eigenvalue weighted by atomic mass is 16.5. The lowest BCUT2D eigenvalue weighted by molar-refractivity contribution is -0.138. The Kier molecular flexibility index (Phi) is 5.32. The molecule has 0 aliphatic carbocycles. The van der Waals surface area contributed by atoms with E-state index in [9.17, 15) is 4.79 Å². The van der Waals surface area contributed by atoms with Crippen LogP contribution in [0.1, 0.15) is 13.8 Å². The third-order valence-corrected chi connectivity index (χ3v) is 1.17. The van der Waals surface area contributed by atoms with E-state index < -0.39 is 12.2 Å². The average molecular weight is 173 g/mol. The molecule has 0 rings (SSSR count). The van der Waals surface area contributed by atoms with Crippen LogP contribution in [0.25, 0.3) is 0 Å². The van der Waals surface area contributed by atoms with Gasteiger partial charge in [0, 0.05) is 12.1 Å². The molecule has 0 aromatic carbocycles. The van der Waals surface area contributed by atoms with Gasteiger partial charge in [-0.05, 0) is 13.8 Å². The van der Waals surface area contributed by atoms with Gasteiger partial charge in [0.15, 0.2) is 0 Å². The molecular formula is C8H15NO3. The number of esters is 1. The third-order valence-electron chi connectivity index (χ3n) is 1.17. The first kappa shape index (κ1) is 11.1. The van der Waals surface area contributed by atoms with E-state index in [4.69, 9.17) is 9.84 Å². The number of rotatable bonds is 5. The fourth-order valence-electron chi connectivity index (χ4n) is 0.726. The van der Waals surface area contributed by atoms with E-state index in [2.05, 4.69) is 11.9 Å². The first-order valence-electron chi connectivity index (χ1n) is 3.79. The van der Waals surface area contributed by atoms with Crippen molar-refractivity contribution < 1.29 is 14.6 Å². The predicted molar refractivity (Wildman–Crippen MR) is 45.4 cm³/mol. The third kappa shape index (κ3) is 5.88. The molecule has 0 aromatic heterocycles. The minimum atomic E-state index is -0.595. The molecule has 4 heteroatoms. The molecule has 70 valence electrons. The second-order valence-corrected chi connectivity index (χ2v) is 2.58. The van der Waals surface area contributed by atoms with Crippen LogP contribution in [0.15, 0.2) is 12.7 Å². The van der Waals surface area contributed by atoms with Gasteiger partial charge in [0.05, 0.1) is 0 Å². The molecule has 0 amide bonds. The maximum atomic E-state index is 10.6. The highest BCUT2D eigenvalue weighted by Crippen LogP contribution is 1.87. The number of aliphatic hydroxyl groups is 1. The Morgan fingerprint density at radius 1 is 1.75 bits per heavy atom. The van der Waals surface area contributed by atoms with E-state index in [1.807, 2.05) is 6.92 Å². The molecule has 0 aliphatic rings. The van der Waals surface area contributed by atoms with Crippen LogP contribution in [0.4, 0.5) is 0 Å². The molecule has 0 heterocycles. The lowest BCUT2D eigenvalue weighted by Crippen LogP contribution is -2.37. The minimum absolute atomic E-state index is 0.0612. The molecule has 12 heavy (non-hydrogen) atoms. The first-order valence-corrected chi connectivity index (χ1v) is 3.79. The average Bonchev–Trinajstić information content (AvgIpc) is 1.99. The summed E-state index contributed by atoms with van der Waals surface area (Å²) in [6, 6.07) is -0.0612. The maximum absolute atomic E-state index is 10.6. The normalized spacial score (nSPS) is 14.9. The molecule has 0 radical (unpaired) electrons. The second kappa shape index (κ2) is 5.74.